The minimum Gasteiger partial charge on any atom is -0.485 e. The molecule has 8 heteroatoms. The van der Waals surface area contributed by atoms with Crippen molar-refractivity contribution in [3.8, 4) is 11.5 Å². The molecule has 1 N–H and O–H groups in total. The highest BCUT2D eigenvalue weighted by molar-refractivity contribution is 6.31. The standard InChI is InChI=1S/C25H22ClNO6/c1-30-24(28)22-23(33-25(29)27-22)18-12-20(31-14-16-8-4-2-5-9-16)21(13-19(18)26)32-15-17-10-6-3-7-11-17/h2-13,22-23H,14-15H2,1H3,(H,27,29). The minimum atomic E-state index is -1.03. The van der Waals surface area contributed by atoms with E-state index in [0.717, 1.165) is 11.1 Å². The van der Waals surface area contributed by atoms with E-state index in [0.29, 0.717) is 23.7 Å². The van der Waals surface area contributed by atoms with E-state index < -0.39 is 24.2 Å². The van der Waals surface area contributed by atoms with Crippen LogP contribution in [0.2, 0.25) is 5.02 Å². The second-order valence-electron chi connectivity index (χ2n) is 7.34. The number of hydrogen-bond donors (Lipinski definition) is 1. The number of halogens is 1. The fourth-order valence-corrected chi connectivity index (χ4v) is 3.70. The number of ether oxygens (including phenoxy) is 4. The van der Waals surface area contributed by atoms with Crippen molar-refractivity contribution >= 4 is 23.7 Å². The second kappa shape index (κ2) is 10.3. The fraction of sp³-hybridized carbons (Fsp3) is 0.200. The maximum atomic E-state index is 12.2. The van der Waals surface area contributed by atoms with Gasteiger partial charge < -0.3 is 24.3 Å². The largest absolute Gasteiger partial charge is 0.485 e. The molecule has 0 radical (unpaired) electrons. The summed E-state index contributed by atoms with van der Waals surface area (Å²) >= 11 is 6.53. The third-order valence-corrected chi connectivity index (χ3v) is 5.44. The molecule has 1 heterocycles. The Morgan fingerprint density at radius 1 is 0.939 bits per heavy atom. The Labute approximate surface area is 196 Å². The predicted octanol–water partition coefficient (Wildman–Crippen LogP) is 4.82. The molecule has 3 aromatic carbocycles. The molecule has 0 aromatic heterocycles. The highest BCUT2D eigenvalue weighted by atomic mass is 35.5. The number of cyclic esters (lactones) is 1. The van der Waals surface area contributed by atoms with Gasteiger partial charge in [-0.3, -0.25) is 0 Å². The van der Waals surface area contributed by atoms with E-state index in [1.807, 2.05) is 60.7 Å². The van der Waals surface area contributed by atoms with Crippen LogP contribution < -0.4 is 14.8 Å². The third kappa shape index (κ3) is 5.38. The van der Waals surface area contributed by atoms with Gasteiger partial charge in [0.15, 0.2) is 23.6 Å². The monoisotopic (exact) mass is 467 g/mol. The molecule has 2 atom stereocenters. The molecule has 3 aromatic rings. The van der Waals surface area contributed by atoms with Crippen LogP contribution in [0.5, 0.6) is 11.5 Å². The van der Waals surface area contributed by atoms with Crippen molar-refractivity contribution in [2.75, 3.05) is 7.11 Å². The van der Waals surface area contributed by atoms with E-state index >= 15 is 0 Å². The quantitative estimate of drug-likeness (QED) is 0.478. The van der Waals surface area contributed by atoms with Crippen molar-refractivity contribution in [2.45, 2.75) is 25.4 Å². The molecular weight excluding hydrogens is 446 g/mol. The predicted molar refractivity (Wildman–Crippen MR) is 121 cm³/mol. The highest BCUT2D eigenvalue weighted by Crippen LogP contribution is 2.40. The number of carbonyl (C=O) groups is 2. The Bertz CT molecular complexity index is 1120. The number of esters is 1. The fourth-order valence-electron chi connectivity index (χ4n) is 3.44. The van der Waals surface area contributed by atoms with Crippen molar-refractivity contribution in [3.05, 3.63) is 94.5 Å². The topological polar surface area (TPSA) is 83.1 Å². The normalized spacial score (nSPS) is 17.1. The first-order valence-electron chi connectivity index (χ1n) is 10.3. The van der Waals surface area contributed by atoms with Gasteiger partial charge in [0.25, 0.3) is 0 Å². The van der Waals surface area contributed by atoms with Gasteiger partial charge in [0.05, 0.1) is 12.1 Å². The summed E-state index contributed by atoms with van der Waals surface area (Å²) in [5, 5.41) is 2.72. The molecule has 0 saturated carbocycles. The molecule has 33 heavy (non-hydrogen) atoms. The first-order chi connectivity index (χ1) is 16.0. The molecule has 7 nitrogen and oxygen atoms in total. The number of alkyl carbamates (subject to hydrolysis) is 1. The summed E-state index contributed by atoms with van der Waals surface area (Å²) in [5.74, 6) is 0.189. The Balaban J connectivity index is 1.65. The van der Waals surface area contributed by atoms with Crippen molar-refractivity contribution in [1.29, 1.82) is 0 Å². The van der Waals surface area contributed by atoms with E-state index in [1.54, 1.807) is 12.1 Å². The molecule has 0 aliphatic carbocycles. The van der Waals surface area contributed by atoms with Gasteiger partial charge in [-0.1, -0.05) is 72.3 Å². The van der Waals surface area contributed by atoms with Crippen molar-refractivity contribution in [3.63, 3.8) is 0 Å². The first-order valence-corrected chi connectivity index (χ1v) is 10.6. The number of nitrogens with one attached hydrogen (secondary N) is 1. The first kappa shape index (κ1) is 22.5. The van der Waals surface area contributed by atoms with Crippen LogP contribution in [-0.4, -0.2) is 25.2 Å². The lowest BCUT2D eigenvalue weighted by atomic mass is 10.0. The van der Waals surface area contributed by atoms with Crippen molar-refractivity contribution < 1.29 is 28.5 Å². The molecule has 1 fully saturated rings. The van der Waals surface area contributed by atoms with Crippen molar-refractivity contribution in [2.24, 2.45) is 0 Å². The van der Waals surface area contributed by atoms with Crippen LogP contribution in [0, 0.1) is 0 Å². The van der Waals surface area contributed by atoms with Crippen molar-refractivity contribution in [1.82, 2.24) is 5.32 Å². The summed E-state index contributed by atoms with van der Waals surface area (Å²) in [6.45, 7) is 0.593. The number of benzene rings is 3. The Morgan fingerprint density at radius 3 is 2.03 bits per heavy atom. The molecule has 4 rings (SSSR count). The lowest BCUT2D eigenvalue weighted by molar-refractivity contribution is -0.144. The summed E-state index contributed by atoms with van der Waals surface area (Å²) in [7, 11) is 1.24. The number of methoxy groups -OCH3 is 1. The van der Waals surface area contributed by atoms with Gasteiger partial charge in [-0.25, -0.2) is 9.59 Å². The van der Waals surface area contributed by atoms with Crippen LogP contribution in [0.25, 0.3) is 0 Å². The van der Waals surface area contributed by atoms with Crippen LogP contribution in [0.15, 0.2) is 72.8 Å². The highest BCUT2D eigenvalue weighted by Gasteiger charge is 2.42. The van der Waals surface area contributed by atoms with E-state index in [-0.39, 0.29) is 11.6 Å². The maximum Gasteiger partial charge on any atom is 0.408 e. The zero-order valence-electron chi connectivity index (χ0n) is 17.8. The smallest absolute Gasteiger partial charge is 0.408 e. The number of carbonyl (C=O) groups excluding carboxylic acids is 2. The lowest BCUT2D eigenvalue weighted by Crippen LogP contribution is -2.36. The summed E-state index contributed by atoms with van der Waals surface area (Å²) < 4.78 is 22.2. The van der Waals surface area contributed by atoms with Gasteiger partial charge in [-0.2, -0.15) is 0 Å². The Hall–Kier alpha value is -3.71. The van der Waals surface area contributed by atoms with Crippen LogP contribution in [-0.2, 0) is 27.5 Å². The molecular formula is C25H22ClNO6. The zero-order valence-corrected chi connectivity index (χ0v) is 18.6. The molecule has 2 unspecified atom stereocenters. The lowest BCUT2D eigenvalue weighted by Gasteiger charge is -2.20. The number of rotatable bonds is 8. The van der Waals surface area contributed by atoms with Gasteiger partial charge in [-0.15, -0.1) is 0 Å². The zero-order chi connectivity index (χ0) is 23.2. The van der Waals surface area contributed by atoms with E-state index in [9.17, 15) is 9.59 Å². The summed E-state index contributed by atoms with van der Waals surface area (Å²) in [4.78, 5) is 24.0. The summed E-state index contributed by atoms with van der Waals surface area (Å²) in [5.41, 5.74) is 2.34. The van der Waals surface area contributed by atoms with Gasteiger partial charge in [0.2, 0.25) is 0 Å². The van der Waals surface area contributed by atoms with Crippen LogP contribution in [0.1, 0.15) is 22.8 Å². The van der Waals surface area contributed by atoms with E-state index in [4.69, 9.17) is 30.5 Å². The molecule has 170 valence electrons. The molecule has 0 bridgehead atoms. The molecule has 1 aliphatic rings. The summed E-state index contributed by atoms with van der Waals surface area (Å²) in [6, 6.07) is 21.5. The SMILES string of the molecule is COC(=O)C1NC(=O)OC1c1cc(OCc2ccccc2)c(OCc2ccccc2)cc1Cl. The van der Waals surface area contributed by atoms with E-state index in [1.165, 1.54) is 7.11 Å². The third-order valence-electron chi connectivity index (χ3n) is 5.11. The average Bonchev–Trinajstić information content (AvgIpc) is 3.24. The van der Waals surface area contributed by atoms with Crippen LogP contribution >= 0.6 is 11.6 Å². The Morgan fingerprint density at radius 2 is 1.48 bits per heavy atom. The van der Waals surface area contributed by atoms with E-state index in [2.05, 4.69) is 5.32 Å². The maximum absolute atomic E-state index is 12.2. The van der Waals surface area contributed by atoms with Gasteiger partial charge >= 0.3 is 12.1 Å². The van der Waals surface area contributed by atoms with Crippen LogP contribution in [0.3, 0.4) is 0 Å². The molecule has 1 aliphatic heterocycles. The summed E-state index contributed by atoms with van der Waals surface area (Å²) in [6.07, 6.45) is -1.71. The minimum absolute atomic E-state index is 0.264. The van der Waals surface area contributed by atoms with Crippen LogP contribution in [0.4, 0.5) is 4.79 Å². The molecule has 1 amide bonds. The molecule has 0 spiro atoms. The second-order valence-corrected chi connectivity index (χ2v) is 7.75. The van der Waals surface area contributed by atoms with Gasteiger partial charge in [0, 0.05) is 11.6 Å². The number of amides is 1. The Kier molecular flexibility index (Phi) is 7.00. The molecule has 1 saturated heterocycles. The number of hydrogen-bond acceptors (Lipinski definition) is 6. The average molecular weight is 468 g/mol. The van der Waals surface area contributed by atoms with Gasteiger partial charge in [0.1, 0.15) is 13.2 Å². The van der Waals surface area contributed by atoms with Gasteiger partial charge in [-0.05, 0) is 17.2 Å².